The van der Waals surface area contributed by atoms with Crippen LogP contribution in [-0.4, -0.2) is 12.0 Å². The number of thioether (sulfide) groups is 1. The first-order valence-corrected chi connectivity index (χ1v) is 13.1. The highest BCUT2D eigenvalue weighted by atomic mass is 32.2. The minimum absolute atomic E-state index is 0.565. The van der Waals surface area contributed by atoms with Crippen molar-refractivity contribution in [2.75, 3.05) is 12.0 Å². The molecular formula is C30H40N2S. The zero-order valence-corrected chi connectivity index (χ0v) is 21.7. The van der Waals surface area contributed by atoms with Crippen LogP contribution in [0.25, 0.3) is 11.3 Å². The maximum Gasteiger partial charge on any atom is 0.0395 e. The fraction of sp³-hybridized carbons (Fsp3) is 0.333. The summed E-state index contributed by atoms with van der Waals surface area (Å²) in [5.41, 5.74) is 17.3. The lowest BCUT2D eigenvalue weighted by atomic mass is 9.93. The van der Waals surface area contributed by atoms with Crippen molar-refractivity contribution >= 4 is 23.0 Å². The average Bonchev–Trinajstić information content (AvgIpc) is 2.75. The first kappa shape index (κ1) is 26.6. The Kier molecular flexibility index (Phi) is 10.6. The van der Waals surface area contributed by atoms with E-state index in [1.165, 1.54) is 40.7 Å². The summed E-state index contributed by atoms with van der Waals surface area (Å²) in [5, 5.41) is 3.52. The van der Waals surface area contributed by atoms with Gasteiger partial charge < -0.3 is 11.1 Å². The Morgan fingerprint density at radius 3 is 2.45 bits per heavy atom. The summed E-state index contributed by atoms with van der Waals surface area (Å²) >= 11 is 1.84. The van der Waals surface area contributed by atoms with Gasteiger partial charge in [0, 0.05) is 35.3 Å². The quantitative estimate of drug-likeness (QED) is 0.241. The lowest BCUT2D eigenvalue weighted by molar-refractivity contribution is 0.785. The third-order valence-corrected chi connectivity index (χ3v) is 6.38. The van der Waals surface area contributed by atoms with Crippen LogP contribution in [0.3, 0.4) is 0 Å². The van der Waals surface area contributed by atoms with E-state index in [4.69, 9.17) is 5.73 Å². The summed E-state index contributed by atoms with van der Waals surface area (Å²) in [6.45, 7) is 19.5. The zero-order valence-electron chi connectivity index (χ0n) is 20.9. The van der Waals surface area contributed by atoms with E-state index in [0.717, 1.165) is 47.4 Å². The Morgan fingerprint density at radius 2 is 1.82 bits per heavy atom. The molecule has 0 aromatic heterocycles. The van der Waals surface area contributed by atoms with Gasteiger partial charge in [0.2, 0.25) is 0 Å². The zero-order chi connectivity index (χ0) is 24.4. The van der Waals surface area contributed by atoms with E-state index < -0.39 is 0 Å². The first-order valence-electron chi connectivity index (χ1n) is 11.7. The molecular weight excluding hydrogens is 420 g/mol. The van der Waals surface area contributed by atoms with Gasteiger partial charge in [-0.1, -0.05) is 80.6 Å². The van der Waals surface area contributed by atoms with E-state index in [1.807, 2.05) is 24.8 Å². The van der Waals surface area contributed by atoms with Crippen molar-refractivity contribution in [3.05, 3.63) is 107 Å². The Balaban J connectivity index is 2.27. The summed E-state index contributed by atoms with van der Waals surface area (Å²) in [6.07, 6.45) is 8.70. The molecule has 176 valence electrons. The second kappa shape index (κ2) is 13.2. The van der Waals surface area contributed by atoms with Crippen molar-refractivity contribution in [3.63, 3.8) is 0 Å². The Labute approximate surface area is 205 Å². The highest BCUT2D eigenvalue weighted by Crippen LogP contribution is 2.28. The minimum Gasteiger partial charge on any atom is -0.399 e. The van der Waals surface area contributed by atoms with Gasteiger partial charge in [0.1, 0.15) is 0 Å². The highest BCUT2D eigenvalue weighted by Gasteiger charge is 2.11. The smallest absolute Gasteiger partial charge is 0.0395 e. The monoisotopic (exact) mass is 460 g/mol. The number of nitrogens with two attached hydrogens (primary N) is 1. The predicted octanol–water partition coefficient (Wildman–Crippen LogP) is 7.44. The molecule has 2 aromatic carbocycles. The van der Waals surface area contributed by atoms with Crippen molar-refractivity contribution in [1.82, 2.24) is 5.32 Å². The van der Waals surface area contributed by atoms with E-state index in [-0.39, 0.29) is 0 Å². The van der Waals surface area contributed by atoms with Gasteiger partial charge in [0.15, 0.2) is 0 Å². The number of allylic oxidation sites excluding steroid dienone is 2. The van der Waals surface area contributed by atoms with Crippen molar-refractivity contribution in [3.8, 4) is 0 Å². The molecule has 0 saturated heterocycles. The molecule has 0 heterocycles. The molecule has 0 unspecified atom stereocenters. The second-order valence-electron chi connectivity index (χ2n) is 8.86. The molecule has 2 aromatic rings. The molecule has 0 spiro atoms. The molecule has 33 heavy (non-hydrogen) atoms. The summed E-state index contributed by atoms with van der Waals surface area (Å²) in [6, 6.07) is 13.1. The molecule has 0 atom stereocenters. The first-order chi connectivity index (χ1) is 15.8. The van der Waals surface area contributed by atoms with Crippen LogP contribution in [0.4, 0.5) is 0 Å². The normalized spacial score (nSPS) is 11.3. The Hall–Kier alpha value is -2.65. The molecule has 2 rings (SSSR count). The van der Waals surface area contributed by atoms with Gasteiger partial charge >= 0.3 is 0 Å². The van der Waals surface area contributed by atoms with E-state index in [1.54, 1.807) is 0 Å². The average molecular weight is 461 g/mol. The number of unbranched alkanes of at least 4 members (excludes halogenated alkanes) is 1. The van der Waals surface area contributed by atoms with Crippen LogP contribution in [0.2, 0.25) is 0 Å². The predicted molar refractivity (Wildman–Crippen MR) is 150 cm³/mol. The van der Waals surface area contributed by atoms with Crippen LogP contribution < -0.4 is 11.1 Å². The Bertz CT molecular complexity index is 1030. The number of hydrogen-bond acceptors (Lipinski definition) is 3. The maximum absolute atomic E-state index is 6.07. The van der Waals surface area contributed by atoms with Crippen LogP contribution in [0.1, 0.15) is 60.1 Å². The van der Waals surface area contributed by atoms with Crippen molar-refractivity contribution in [2.45, 2.75) is 53.0 Å². The standard InChI is InChI=1S/C30H40N2S/c1-8-9-10-26-13-12-25(17-27(26)15-23(5)20-33-7)18-32-19-30(21(2)3)29-16-22(4)11-14-28(29)24(6)31/h11-14,16-17,19,32H,2,5-6,8-10,15,18,20,31H2,1,3-4,7H3/b30-19+. The lowest BCUT2D eigenvalue weighted by Crippen LogP contribution is -2.09. The van der Waals surface area contributed by atoms with Gasteiger partial charge in [0.05, 0.1) is 0 Å². The number of aryl methyl sites for hydroxylation is 2. The number of hydrogen-bond donors (Lipinski definition) is 2. The molecule has 0 saturated carbocycles. The van der Waals surface area contributed by atoms with Gasteiger partial charge in [0.25, 0.3) is 0 Å². The lowest BCUT2D eigenvalue weighted by Gasteiger charge is -2.16. The van der Waals surface area contributed by atoms with E-state index in [0.29, 0.717) is 5.70 Å². The molecule has 3 heteroatoms. The molecule has 3 N–H and O–H groups in total. The molecule has 0 aliphatic heterocycles. The van der Waals surface area contributed by atoms with Crippen molar-refractivity contribution in [2.24, 2.45) is 5.73 Å². The molecule has 0 amide bonds. The summed E-state index contributed by atoms with van der Waals surface area (Å²) < 4.78 is 0. The fourth-order valence-electron chi connectivity index (χ4n) is 3.95. The van der Waals surface area contributed by atoms with E-state index in [9.17, 15) is 0 Å². The van der Waals surface area contributed by atoms with Crippen molar-refractivity contribution < 1.29 is 0 Å². The second-order valence-corrected chi connectivity index (χ2v) is 9.73. The van der Waals surface area contributed by atoms with Crippen LogP contribution >= 0.6 is 11.8 Å². The minimum atomic E-state index is 0.565. The van der Waals surface area contributed by atoms with Crippen LogP contribution in [0.5, 0.6) is 0 Å². The van der Waals surface area contributed by atoms with Gasteiger partial charge in [-0.25, -0.2) is 0 Å². The molecule has 0 radical (unpaired) electrons. The van der Waals surface area contributed by atoms with E-state index in [2.05, 4.69) is 81.7 Å². The van der Waals surface area contributed by atoms with Gasteiger partial charge in [-0.05, 0) is 67.2 Å². The summed E-state index contributed by atoms with van der Waals surface area (Å²) in [5.74, 6) is 1.01. The number of benzene rings is 2. The molecule has 0 aliphatic rings. The number of rotatable bonds is 13. The van der Waals surface area contributed by atoms with E-state index >= 15 is 0 Å². The van der Waals surface area contributed by atoms with Crippen molar-refractivity contribution in [1.29, 1.82) is 0 Å². The number of nitrogens with one attached hydrogen (secondary N) is 1. The molecule has 0 aliphatic carbocycles. The maximum atomic E-state index is 6.07. The molecule has 0 bridgehead atoms. The van der Waals surface area contributed by atoms with Gasteiger partial charge in [-0.15, -0.1) is 0 Å². The molecule has 2 nitrogen and oxygen atoms in total. The fourth-order valence-corrected chi connectivity index (χ4v) is 4.46. The van der Waals surface area contributed by atoms with Gasteiger partial charge in [-0.3, -0.25) is 0 Å². The molecule has 0 fully saturated rings. The summed E-state index contributed by atoms with van der Waals surface area (Å²) in [7, 11) is 0. The SMILES string of the molecule is C=C(CSC)Cc1cc(CN/C=C(\C(=C)C)c2cc(C)ccc2C(=C)N)ccc1CCCC. The third-order valence-electron chi connectivity index (χ3n) is 5.68. The van der Waals surface area contributed by atoms with Crippen LogP contribution in [0, 0.1) is 6.92 Å². The Morgan fingerprint density at radius 1 is 1.06 bits per heavy atom. The third kappa shape index (κ3) is 8.01. The van der Waals surface area contributed by atoms with Crippen LogP contribution in [-0.2, 0) is 19.4 Å². The highest BCUT2D eigenvalue weighted by molar-refractivity contribution is 7.98. The largest absolute Gasteiger partial charge is 0.399 e. The topological polar surface area (TPSA) is 38.0 Å². The van der Waals surface area contributed by atoms with Crippen LogP contribution in [0.15, 0.2) is 73.5 Å². The van der Waals surface area contributed by atoms with Gasteiger partial charge in [-0.2, -0.15) is 11.8 Å². The summed E-state index contributed by atoms with van der Waals surface area (Å²) in [4.78, 5) is 0.